The molecule has 0 aliphatic rings. The van der Waals surface area contributed by atoms with Gasteiger partial charge in [0.1, 0.15) is 22.6 Å². The molecule has 4 rings (SSSR count). The molecule has 4 aromatic rings. The lowest BCUT2D eigenvalue weighted by molar-refractivity contribution is 0.627. The van der Waals surface area contributed by atoms with Crippen molar-refractivity contribution in [1.82, 2.24) is 14.8 Å². The molecule has 0 fully saturated rings. The van der Waals surface area contributed by atoms with Crippen LogP contribution < -0.4 is 0 Å². The van der Waals surface area contributed by atoms with Crippen LogP contribution in [0, 0.1) is 24.1 Å². The highest BCUT2D eigenvalue weighted by atomic mass is 35.5. The molecular formula is C20H12ClFN4S. The summed E-state index contributed by atoms with van der Waals surface area (Å²) in [6.07, 6.45) is 1.64. The van der Waals surface area contributed by atoms with Crippen molar-refractivity contribution in [2.24, 2.45) is 0 Å². The maximum Gasteiger partial charge on any atom is 0.124 e. The Morgan fingerprint density at radius 2 is 1.81 bits per heavy atom. The molecule has 0 spiro atoms. The molecule has 0 radical (unpaired) electrons. The van der Waals surface area contributed by atoms with Crippen molar-refractivity contribution in [1.29, 1.82) is 5.26 Å². The van der Waals surface area contributed by atoms with Gasteiger partial charge in [-0.3, -0.25) is 0 Å². The molecule has 0 amide bonds. The van der Waals surface area contributed by atoms with E-state index in [-0.39, 0.29) is 5.82 Å². The third kappa shape index (κ3) is 3.35. The Morgan fingerprint density at radius 1 is 1.11 bits per heavy atom. The second-order valence-corrected chi connectivity index (χ2v) is 7.30. The quantitative estimate of drug-likeness (QED) is 0.452. The summed E-state index contributed by atoms with van der Waals surface area (Å²) < 4.78 is 14.7. The molecule has 132 valence electrons. The van der Waals surface area contributed by atoms with Crippen LogP contribution in [0.3, 0.4) is 0 Å². The lowest BCUT2D eigenvalue weighted by atomic mass is 10.2. The standard InChI is InChI=1S/C20H12ClFN4S/c1-12-19(27-20(24-12)13-2-4-15(21)5-3-13)18-14(10-23)11-26(25-18)17-8-6-16(22)7-9-17/h2-9,11H,1H3. The Balaban J connectivity index is 1.78. The molecule has 0 aliphatic heterocycles. The van der Waals surface area contributed by atoms with Crippen molar-refractivity contribution in [3.8, 4) is 32.9 Å². The van der Waals surface area contributed by atoms with E-state index in [0.717, 1.165) is 21.1 Å². The van der Waals surface area contributed by atoms with Gasteiger partial charge in [0, 0.05) is 16.8 Å². The highest BCUT2D eigenvalue weighted by molar-refractivity contribution is 7.18. The zero-order chi connectivity index (χ0) is 19.0. The second kappa shape index (κ2) is 6.95. The molecule has 2 aromatic heterocycles. The van der Waals surface area contributed by atoms with Crippen LogP contribution in [0.2, 0.25) is 5.02 Å². The zero-order valence-corrected chi connectivity index (χ0v) is 15.7. The summed E-state index contributed by atoms with van der Waals surface area (Å²) in [6.45, 7) is 1.89. The number of aromatic nitrogens is 3. The first-order valence-electron chi connectivity index (χ1n) is 8.04. The zero-order valence-electron chi connectivity index (χ0n) is 14.1. The highest BCUT2D eigenvalue weighted by Gasteiger charge is 2.19. The fraction of sp³-hybridized carbons (Fsp3) is 0.0500. The molecule has 0 N–H and O–H groups in total. The SMILES string of the molecule is Cc1nc(-c2ccc(Cl)cc2)sc1-c1nn(-c2ccc(F)cc2)cc1C#N. The van der Waals surface area contributed by atoms with Crippen LogP contribution in [0.25, 0.3) is 26.8 Å². The molecule has 4 nitrogen and oxygen atoms in total. The van der Waals surface area contributed by atoms with Gasteiger partial charge in [0.25, 0.3) is 0 Å². The predicted octanol–water partition coefficient (Wildman–Crippen LogP) is 5.64. The lowest BCUT2D eigenvalue weighted by Gasteiger charge is -2.00. The molecule has 0 bridgehead atoms. The van der Waals surface area contributed by atoms with E-state index < -0.39 is 0 Å². The number of nitriles is 1. The average Bonchev–Trinajstić information content (AvgIpc) is 3.26. The number of nitrogens with zero attached hydrogens (tertiary/aromatic N) is 4. The monoisotopic (exact) mass is 394 g/mol. The van der Waals surface area contributed by atoms with Crippen LogP contribution >= 0.6 is 22.9 Å². The smallest absolute Gasteiger partial charge is 0.124 e. The van der Waals surface area contributed by atoms with Crippen LogP contribution in [-0.2, 0) is 0 Å². The number of rotatable bonds is 3. The minimum atomic E-state index is -0.322. The fourth-order valence-electron chi connectivity index (χ4n) is 2.68. The summed E-state index contributed by atoms with van der Waals surface area (Å²) in [5.74, 6) is -0.322. The van der Waals surface area contributed by atoms with Gasteiger partial charge in [-0.15, -0.1) is 11.3 Å². The normalized spacial score (nSPS) is 10.7. The Kier molecular flexibility index (Phi) is 4.48. The molecule has 7 heteroatoms. The second-order valence-electron chi connectivity index (χ2n) is 5.86. The summed E-state index contributed by atoms with van der Waals surface area (Å²) in [4.78, 5) is 5.45. The van der Waals surface area contributed by atoms with Gasteiger partial charge in [0.05, 0.1) is 21.8 Å². The van der Waals surface area contributed by atoms with Crippen LogP contribution in [-0.4, -0.2) is 14.8 Å². The Bertz CT molecular complexity index is 1150. The third-order valence-electron chi connectivity index (χ3n) is 4.03. The number of benzene rings is 2. The van der Waals surface area contributed by atoms with Crippen molar-refractivity contribution in [3.05, 3.63) is 76.8 Å². The first kappa shape index (κ1) is 17.4. The molecule has 27 heavy (non-hydrogen) atoms. The highest BCUT2D eigenvalue weighted by Crippen LogP contribution is 2.36. The van der Waals surface area contributed by atoms with Crippen LogP contribution in [0.4, 0.5) is 4.39 Å². The van der Waals surface area contributed by atoms with Gasteiger partial charge in [-0.2, -0.15) is 10.4 Å². The van der Waals surface area contributed by atoms with Gasteiger partial charge >= 0.3 is 0 Å². The number of hydrogen-bond donors (Lipinski definition) is 0. The molecule has 2 aromatic carbocycles. The largest absolute Gasteiger partial charge is 0.241 e. The fourth-order valence-corrected chi connectivity index (χ4v) is 3.88. The first-order valence-corrected chi connectivity index (χ1v) is 9.24. The summed E-state index contributed by atoms with van der Waals surface area (Å²) in [5.41, 5.74) is 3.44. The summed E-state index contributed by atoms with van der Waals surface area (Å²) >= 11 is 7.42. The van der Waals surface area contributed by atoms with Crippen LogP contribution in [0.1, 0.15) is 11.3 Å². The molecule has 0 saturated heterocycles. The predicted molar refractivity (Wildman–Crippen MR) is 105 cm³/mol. The van der Waals surface area contributed by atoms with Crippen molar-refractivity contribution in [2.45, 2.75) is 6.92 Å². The Hall–Kier alpha value is -3.01. The van der Waals surface area contributed by atoms with Gasteiger partial charge < -0.3 is 0 Å². The van der Waals surface area contributed by atoms with E-state index in [4.69, 9.17) is 11.6 Å². The summed E-state index contributed by atoms with van der Waals surface area (Å²) in [5, 5.41) is 15.6. The van der Waals surface area contributed by atoms with Gasteiger partial charge in [-0.25, -0.2) is 14.1 Å². The van der Waals surface area contributed by atoms with Crippen molar-refractivity contribution >= 4 is 22.9 Å². The molecule has 0 atom stereocenters. The van der Waals surface area contributed by atoms with E-state index in [1.807, 2.05) is 31.2 Å². The Labute approximate surface area is 164 Å². The minimum Gasteiger partial charge on any atom is -0.241 e. The number of aryl methyl sites for hydroxylation is 1. The van der Waals surface area contributed by atoms with Crippen LogP contribution in [0.15, 0.2) is 54.7 Å². The molecule has 0 aliphatic carbocycles. The molecule has 0 unspecified atom stereocenters. The van der Waals surface area contributed by atoms with Crippen molar-refractivity contribution in [2.75, 3.05) is 0 Å². The van der Waals surface area contributed by atoms with E-state index in [1.165, 1.54) is 23.5 Å². The van der Waals surface area contributed by atoms with E-state index >= 15 is 0 Å². The molecule has 2 heterocycles. The van der Waals surface area contributed by atoms with E-state index in [0.29, 0.717) is 22.0 Å². The Morgan fingerprint density at radius 3 is 2.48 bits per heavy atom. The molecular weight excluding hydrogens is 383 g/mol. The average molecular weight is 395 g/mol. The number of hydrogen-bond acceptors (Lipinski definition) is 4. The van der Waals surface area contributed by atoms with Crippen LogP contribution in [0.5, 0.6) is 0 Å². The van der Waals surface area contributed by atoms with Crippen molar-refractivity contribution < 1.29 is 4.39 Å². The summed E-state index contributed by atoms with van der Waals surface area (Å²) in [7, 11) is 0. The van der Waals surface area contributed by atoms with Gasteiger partial charge in [0.15, 0.2) is 0 Å². The minimum absolute atomic E-state index is 0.322. The lowest BCUT2D eigenvalue weighted by Crippen LogP contribution is -1.94. The van der Waals surface area contributed by atoms with E-state index in [2.05, 4.69) is 16.2 Å². The number of thiazole rings is 1. The topological polar surface area (TPSA) is 54.5 Å². The van der Waals surface area contributed by atoms with Gasteiger partial charge in [-0.1, -0.05) is 23.7 Å². The maximum absolute atomic E-state index is 13.2. The third-order valence-corrected chi connectivity index (χ3v) is 5.49. The van der Waals surface area contributed by atoms with Gasteiger partial charge in [-0.05, 0) is 43.3 Å². The summed E-state index contributed by atoms with van der Waals surface area (Å²) in [6, 6.07) is 15.6. The van der Waals surface area contributed by atoms with E-state index in [1.54, 1.807) is 23.0 Å². The molecule has 0 saturated carbocycles. The van der Waals surface area contributed by atoms with E-state index in [9.17, 15) is 9.65 Å². The number of halogens is 2. The van der Waals surface area contributed by atoms with Gasteiger partial charge in [0.2, 0.25) is 0 Å². The first-order chi connectivity index (χ1) is 13.0. The van der Waals surface area contributed by atoms with Crippen molar-refractivity contribution in [3.63, 3.8) is 0 Å². The maximum atomic E-state index is 13.2.